The normalized spacial score (nSPS) is 8.60. The van der Waals surface area contributed by atoms with Crippen LogP contribution in [0.4, 0.5) is 0 Å². The van der Waals surface area contributed by atoms with Gasteiger partial charge in [0.15, 0.2) is 5.01 Å². The summed E-state index contributed by atoms with van der Waals surface area (Å²) in [5, 5.41) is 1.61. The summed E-state index contributed by atoms with van der Waals surface area (Å²) in [4.78, 5) is 5.28. The molecule has 0 radical (unpaired) electrons. The highest BCUT2D eigenvalue weighted by atomic mass is 79.9. The first-order valence-electron chi connectivity index (χ1n) is 2.80. The molecule has 52 valence electrons. The number of aryl methyl sites for hydroxylation is 1. The molecule has 0 unspecified atom stereocenters. The van der Waals surface area contributed by atoms with E-state index in [9.17, 15) is 0 Å². The molecule has 0 aliphatic carbocycles. The van der Waals surface area contributed by atoms with Gasteiger partial charge in [-0.2, -0.15) is 0 Å². The van der Waals surface area contributed by atoms with Crippen LogP contribution in [0, 0.1) is 18.8 Å². The molecular formula is C7H6BrNS. The molecule has 1 rings (SSSR count). The molecule has 0 spiro atoms. The lowest BCUT2D eigenvalue weighted by Gasteiger charge is -1.72. The van der Waals surface area contributed by atoms with Crippen LogP contribution in [0.15, 0.2) is 6.20 Å². The standard InChI is InChI=1S/C7H6BrNS/c1-6-5-9-7(10-6)3-2-4-8/h5H,4H2,1H3. The molecule has 0 atom stereocenters. The lowest BCUT2D eigenvalue weighted by molar-refractivity contribution is 1.36. The van der Waals surface area contributed by atoms with Crippen molar-refractivity contribution in [1.82, 2.24) is 4.98 Å². The van der Waals surface area contributed by atoms with Crippen LogP contribution in [0.25, 0.3) is 0 Å². The minimum atomic E-state index is 0.714. The summed E-state index contributed by atoms with van der Waals surface area (Å²) < 4.78 is 0. The monoisotopic (exact) mass is 215 g/mol. The molecule has 0 saturated heterocycles. The Balaban J connectivity index is 2.76. The fourth-order valence-corrected chi connectivity index (χ4v) is 1.30. The van der Waals surface area contributed by atoms with Crippen LogP contribution < -0.4 is 0 Å². The summed E-state index contributed by atoms with van der Waals surface area (Å²) in [6, 6.07) is 0. The van der Waals surface area contributed by atoms with E-state index in [4.69, 9.17) is 0 Å². The summed E-state index contributed by atoms with van der Waals surface area (Å²) in [7, 11) is 0. The third-order valence-corrected chi connectivity index (χ3v) is 1.99. The first-order chi connectivity index (χ1) is 4.83. The Morgan fingerprint density at radius 1 is 1.80 bits per heavy atom. The highest BCUT2D eigenvalue weighted by Gasteiger charge is 1.90. The second-order valence-corrected chi connectivity index (χ2v) is 3.51. The van der Waals surface area contributed by atoms with Crippen molar-refractivity contribution in [3.63, 3.8) is 0 Å². The highest BCUT2D eigenvalue weighted by Crippen LogP contribution is 2.08. The van der Waals surface area contributed by atoms with Gasteiger partial charge in [0.05, 0.1) is 5.33 Å². The van der Waals surface area contributed by atoms with Gasteiger partial charge in [0.1, 0.15) is 0 Å². The summed E-state index contributed by atoms with van der Waals surface area (Å²) in [6.07, 6.45) is 1.84. The Hall–Kier alpha value is -0.330. The number of rotatable bonds is 0. The molecule has 1 heterocycles. The van der Waals surface area contributed by atoms with Gasteiger partial charge in [-0.15, -0.1) is 11.3 Å². The molecular weight excluding hydrogens is 210 g/mol. The second-order valence-electron chi connectivity index (χ2n) is 1.71. The lowest BCUT2D eigenvalue weighted by Crippen LogP contribution is -1.66. The minimum absolute atomic E-state index is 0.714. The molecule has 0 amide bonds. The molecule has 1 aromatic rings. The molecule has 10 heavy (non-hydrogen) atoms. The maximum atomic E-state index is 4.08. The van der Waals surface area contributed by atoms with E-state index < -0.39 is 0 Å². The largest absolute Gasteiger partial charge is 0.236 e. The average molecular weight is 216 g/mol. The Morgan fingerprint density at radius 2 is 2.60 bits per heavy atom. The van der Waals surface area contributed by atoms with Crippen LogP contribution in [-0.2, 0) is 0 Å². The first kappa shape index (κ1) is 7.77. The fraction of sp³-hybridized carbons (Fsp3) is 0.286. The Morgan fingerprint density at radius 3 is 3.10 bits per heavy atom. The molecule has 0 aliphatic rings. The maximum Gasteiger partial charge on any atom is 0.167 e. The van der Waals surface area contributed by atoms with E-state index in [1.165, 1.54) is 4.88 Å². The van der Waals surface area contributed by atoms with E-state index in [0.717, 1.165) is 5.01 Å². The van der Waals surface area contributed by atoms with Crippen molar-refractivity contribution in [3.8, 4) is 11.8 Å². The van der Waals surface area contributed by atoms with Crippen molar-refractivity contribution < 1.29 is 0 Å². The number of halogens is 1. The smallest absolute Gasteiger partial charge is 0.167 e. The van der Waals surface area contributed by atoms with Crippen molar-refractivity contribution in [2.24, 2.45) is 0 Å². The number of nitrogens with zero attached hydrogens (tertiary/aromatic N) is 1. The number of alkyl halides is 1. The zero-order valence-corrected chi connectivity index (χ0v) is 7.92. The van der Waals surface area contributed by atoms with Crippen molar-refractivity contribution in [2.45, 2.75) is 6.92 Å². The molecule has 1 aromatic heterocycles. The molecule has 0 fully saturated rings. The molecule has 0 N–H and O–H groups in total. The van der Waals surface area contributed by atoms with Gasteiger partial charge in [-0.05, 0) is 12.8 Å². The highest BCUT2D eigenvalue weighted by molar-refractivity contribution is 9.09. The van der Waals surface area contributed by atoms with Crippen molar-refractivity contribution >= 4 is 27.3 Å². The maximum absolute atomic E-state index is 4.08. The van der Waals surface area contributed by atoms with Gasteiger partial charge in [0.2, 0.25) is 0 Å². The fourth-order valence-electron chi connectivity index (χ4n) is 0.522. The van der Waals surface area contributed by atoms with E-state index in [2.05, 4.69) is 32.8 Å². The van der Waals surface area contributed by atoms with E-state index in [1.807, 2.05) is 13.1 Å². The average Bonchev–Trinajstić information content (AvgIpc) is 2.31. The topological polar surface area (TPSA) is 12.9 Å². The van der Waals surface area contributed by atoms with Crippen molar-refractivity contribution in [2.75, 3.05) is 5.33 Å². The van der Waals surface area contributed by atoms with Crippen LogP contribution in [0.3, 0.4) is 0 Å². The van der Waals surface area contributed by atoms with E-state index in [1.54, 1.807) is 11.3 Å². The third kappa shape index (κ3) is 2.13. The summed E-state index contributed by atoms with van der Waals surface area (Å²) in [6.45, 7) is 2.02. The zero-order valence-electron chi connectivity index (χ0n) is 5.52. The van der Waals surface area contributed by atoms with Gasteiger partial charge in [0.25, 0.3) is 0 Å². The third-order valence-electron chi connectivity index (χ3n) is 0.883. The molecule has 0 aromatic carbocycles. The van der Waals surface area contributed by atoms with E-state index in [0.29, 0.717) is 5.33 Å². The lowest BCUT2D eigenvalue weighted by atomic mass is 10.6. The van der Waals surface area contributed by atoms with Gasteiger partial charge in [-0.1, -0.05) is 21.9 Å². The van der Waals surface area contributed by atoms with E-state index >= 15 is 0 Å². The first-order valence-corrected chi connectivity index (χ1v) is 4.74. The Bertz CT molecular complexity index is 269. The predicted octanol–water partition coefficient (Wildman–Crippen LogP) is 2.20. The second kappa shape index (κ2) is 3.75. The van der Waals surface area contributed by atoms with Crippen LogP contribution in [0.5, 0.6) is 0 Å². The minimum Gasteiger partial charge on any atom is -0.236 e. The van der Waals surface area contributed by atoms with Gasteiger partial charge in [-0.3, -0.25) is 0 Å². The van der Waals surface area contributed by atoms with Gasteiger partial charge >= 0.3 is 0 Å². The van der Waals surface area contributed by atoms with Crippen LogP contribution in [0.2, 0.25) is 0 Å². The molecule has 1 nitrogen and oxygen atoms in total. The van der Waals surface area contributed by atoms with Crippen LogP contribution in [0.1, 0.15) is 9.88 Å². The summed E-state index contributed by atoms with van der Waals surface area (Å²) in [5.41, 5.74) is 0. The SMILES string of the molecule is Cc1cnc(C#CCBr)s1. The number of aromatic nitrogens is 1. The quantitative estimate of drug-likeness (QED) is 0.478. The zero-order chi connectivity index (χ0) is 7.40. The van der Waals surface area contributed by atoms with Crippen LogP contribution >= 0.6 is 27.3 Å². The van der Waals surface area contributed by atoms with Gasteiger partial charge in [0, 0.05) is 11.1 Å². The predicted molar refractivity (Wildman–Crippen MR) is 47.5 cm³/mol. The molecule has 0 aliphatic heterocycles. The summed E-state index contributed by atoms with van der Waals surface area (Å²) in [5.74, 6) is 5.82. The number of thiazole rings is 1. The number of hydrogen-bond acceptors (Lipinski definition) is 2. The molecule has 0 saturated carbocycles. The van der Waals surface area contributed by atoms with Crippen LogP contribution in [-0.4, -0.2) is 10.3 Å². The molecule has 3 heteroatoms. The van der Waals surface area contributed by atoms with Crippen molar-refractivity contribution in [1.29, 1.82) is 0 Å². The molecule has 0 bridgehead atoms. The van der Waals surface area contributed by atoms with E-state index in [-0.39, 0.29) is 0 Å². The Kier molecular flexibility index (Phi) is 2.91. The number of hydrogen-bond donors (Lipinski definition) is 0. The summed E-state index contributed by atoms with van der Waals surface area (Å²) >= 11 is 4.84. The van der Waals surface area contributed by atoms with Gasteiger partial charge in [-0.25, -0.2) is 4.98 Å². The van der Waals surface area contributed by atoms with Gasteiger partial charge < -0.3 is 0 Å². The van der Waals surface area contributed by atoms with Crippen molar-refractivity contribution in [3.05, 3.63) is 16.1 Å². The Labute approximate surface area is 72.6 Å².